The molecule has 0 fully saturated rings. The highest BCUT2D eigenvalue weighted by atomic mass is 35.5. The molecule has 0 radical (unpaired) electrons. The van der Waals surface area contributed by atoms with Crippen molar-refractivity contribution in [2.24, 2.45) is 0 Å². The molecular weight excluding hydrogens is 302 g/mol. The highest BCUT2D eigenvalue weighted by molar-refractivity contribution is 6.31. The molecule has 0 saturated heterocycles. The van der Waals surface area contributed by atoms with Crippen LogP contribution < -0.4 is 5.32 Å². The van der Waals surface area contributed by atoms with E-state index in [4.69, 9.17) is 16.3 Å². The maximum Gasteiger partial charge on any atom is 0.246 e. The summed E-state index contributed by atoms with van der Waals surface area (Å²) >= 11 is 6.01. The maximum absolute atomic E-state index is 11.9. The molecule has 5 heteroatoms. The van der Waals surface area contributed by atoms with E-state index >= 15 is 0 Å². The summed E-state index contributed by atoms with van der Waals surface area (Å²) in [5.41, 5.74) is 1.68. The van der Waals surface area contributed by atoms with Gasteiger partial charge in [-0.2, -0.15) is 0 Å². The zero-order valence-electron chi connectivity index (χ0n) is 12.0. The van der Waals surface area contributed by atoms with Gasteiger partial charge >= 0.3 is 0 Å². The van der Waals surface area contributed by atoms with Crippen molar-refractivity contribution in [3.8, 4) is 0 Å². The molecule has 116 valence electrons. The van der Waals surface area contributed by atoms with Gasteiger partial charge in [-0.05, 0) is 17.2 Å². The molecule has 22 heavy (non-hydrogen) atoms. The number of ether oxygens (including phenoxy) is 1. The third kappa shape index (κ3) is 4.84. The van der Waals surface area contributed by atoms with Crippen molar-refractivity contribution < 1.29 is 14.6 Å². The lowest BCUT2D eigenvalue weighted by molar-refractivity contribution is -0.127. The molecule has 0 spiro atoms. The van der Waals surface area contributed by atoms with Crippen molar-refractivity contribution in [3.63, 3.8) is 0 Å². The minimum Gasteiger partial charge on any atom is -0.394 e. The Balaban J connectivity index is 1.81. The summed E-state index contributed by atoms with van der Waals surface area (Å²) in [4.78, 5) is 11.9. The zero-order valence-corrected chi connectivity index (χ0v) is 12.8. The molecule has 2 rings (SSSR count). The molecule has 0 saturated carbocycles. The molecule has 1 unspecified atom stereocenters. The van der Waals surface area contributed by atoms with Gasteiger partial charge in [-0.3, -0.25) is 4.79 Å². The summed E-state index contributed by atoms with van der Waals surface area (Å²) in [6.45, 7) is 0.0110. The molecule has 0 aliphatic carbocycles. The number of rotatable bonds is 7. The van der Waals surface area contributed by atoms with Gasteiger partial charge in [0.2, 0.25) is 5.91 Å². The maximum atomic E-state index is 11.9. The van der Waals surface area contributed by atoms with Crippen molar-refractivity contribution in [3.05, 3.63) is 70.7 Å². The van der Waals surface area contributed by atoms with Gasteiger partial charge in [-0.15, -0.1) is 0 Å². The fourth-order valence-electron chi connectivity index (χ4n) is 2.02. The molecule has 0 aliphatic rings. The van der Waals surface area contributed by atoms with Gasteiger partial charge in [0.1, 0.15) is 6.61 Å². The Hall–Kier alpha value is -1.88. The molecular formula is C17H18ClNO3. The zero-order chi connectivity index (χ0) is 15.8. The number of hydrogen-bond donors (Lipinski definition) is 2. The second-order valence-electron chi connectivity index (χ2n) is 4.80. The van der Waals surface area contributed by atoms with Gasteiger partial charge in [-0.25, -0.2) is 0 Å². The van der Waals surface area contributed by atoms with Crippen molar-refractivity contribution in [1.29, 1.82) is 0 Å². The van der Waals surface area contributed by atoms with Gasteiger partial charge < -0.3 is 15.2 Å². The third-order valence-electron chi connectivity index (χ3n) is 3.17. The summed E-state index contributed by atoms with van der Waals surface area (Å²) in [5.74, 6) is -0.282. The molecule has 0 heterocycles. The average Bonchev–Trinajstić information content (AvgIpc) is 2.55. The molecule has 2 N–H and O–H groups in total. The van der Waals surface area contributed by atoms with Gasteiger partial charge in [-0.1, -0.05) is 60.1 Å². The topological polar surface area (TPSA) is 58.6 Å². The summed E-state index contributed by atoms with van der Waals surface area (Å²) in [6, 6.07) is 16.2. The van der Waals surface area contributed by atoms with Crippen LogP contribution >= 0.6 is 11.6 Å². The monoisotopic (exact) mass is 319 g/mol. The first-order valence-corrected chi connectivity index (χ1v) is 7.35. The number of aliphatic hydroxyl groups is 1. The fourth-order valence-corrected chi connectivity index (χ4v) is 2.22. The number of aliphatic hydroxyl groups excluding tert-OH is 1. The Kier molecular flexibility index (Phi) is 6.40. The number of hydrogen-bond acceptors (Lipinski definition) is 3. The van der Waals surface area contributed by atoms with Crippen LogP contribution in [0.5, 0.6) is 0 Å². The van der Waals surface area contributed by atoms with Crippen LogP contribution in [0, 0.1) is 0 Å². The molecule has 1 atom stereocenters. The summed E-state index contributed by atoms with van der Waals surface area (Å²) in [6.07, 6.45) is 0. The van der Waals surface area contributed by atoms with Gasteiger partial charge in [0.15, 0.2) is 0 Å². The Bertz CT molecular complexity index is 604. The molecule has 1 amide bonds. The van der Waals surface area contributed by atoms with Crippen LogP contribution in [0.3, 0.4) is 0 Å². The lowest BCUT2D eigenvalue weighted by Gasteiger charge is -2.16. The first-order valence-electron chi connectivity index (χ1n) is 6.97. The minimum absolute atomic E-state index is 0.0887. The van der Waals surface area contributed by atoms with Crippen molar-refractivity contribution >= 4 is 17.5 Å². The van der Waals surface area contributed by atoms with E-state index in [0.29, 0.717) is 5.02 Å². The molecule has 0 bridgehead atoms. The van der Waals surface area contributed by atoms with Gasteiger partial charge in [0.25, 0.3) is 0 Å². The van der Waals surface area contributed by atoms with E-state index in [1.165, 1.54) is 0 Å². The Morgan fingerprint density at radius 2 is 1.82 bits per heavy atom. The fraction of sp³-hybridized carbons (Fsp3) is 0.235. The molecule has 0 aliphatic heterocycles. The number of benzene rings is 2. The van der Waals surface area contributed by atoms with Crippen molar-refractivity contribution in [2.75, 3.05) is 13.2 Å². The second-order valence-corrected chi connectivity index (χ2v) is 5.20. The van der Waals surface area contributed by atoms with E-state index in [1.807, 2.05) is 48.5 Å². The first-order chi connectivity index (χ1) is 10.7. The average molecular weight is 320 g/mol. The van der Waals surface area contributed by atoms with E-state index in [2.05, 4.69) is 5.32 Å². The standard InChI is InChI=1S/C17H18ClNO3/c18-15-9-5-4-8-14(15)11-22-12-17(21)19-16(10-20)13-6-2-1-3-7-13/h1-9,16,20H,10-12H2,(H,19,21). The third-order valence-corrected chi connectivity index (χ3v) is 3.54. The predicted octanol–water partition coefficient (Wildman–Crippen LogP) is 2.71. The lowest BCUT2D eigenvalue weighted by Crippen LogP contribution is -2.33. The number of amides is 1. The van der Waals surface area contributed by atoms with E-state index in [1.54, 1.807) is 6.07 Å². The van der Waals surface area contributed by atoms with Gasteiger partial charge in [0, 0.05) is 5.02 Å². The highest BCUT2D eigenvalue weighted by Crippen LogP contribution is 2.15. The van der Waals surface area contributed by atoms with Crippen LogP contribution in [0.1, 0.15) is 17.2 Å². The smallest absolute Gasteiger partial charge is 0.246 e. The van der Waals surface area contributed by atoms with E-state index in [9.17, 15) is 9.90 Å². The Morgan fingerprint density at radius 3 is 2.50 bits per heavy atom. The first kappa shape index (κ1) is 16.5. The predicted molar refractivity (Wildman–Crippen MR) is 85.5 cm³/mol. The normalized spacial score (nSPS) is 11.9. The van der Waals surface area contributed by atoms with Crippen LogP contribution in [-0.4, -0.2) is 24.2 Å². The molecule has 2 aromatic rings. The SMILES string of the molecule is O=C(COCc1ccccc1Cl)NC(CO)c1ccccc1. The Labute approximate surface area is 134 Å². The van der Waals surface area contributed by atoms with Crippen molar-refractivity contribution in [1.82, 2.24) is 5.32 Å². The quantitative estimate of drug-likeness (QED) is 0.825. The van der Waals surface area contributed by atoms with Crippen LogP contribution in [-0.2, 0) is 16.1 Å². The summed E-state index contributed by atoms with van der Waals surface area (Å²) in [7, 11) is 0. The number of carbonyl (C=O) groups excluding carboxylic acids is 1. The van der Waals surface area contributed by atoms with Crippen LogP contribution in [0.2, 0.25) is 5.02 Å². The second kappa shape index (κ2) is 8.54. The van der Waals surface area contributed by atoms with Crippen molar-refractivity contribution in [2.45, 2.75) is 12.6 Å². The van der Waals surface area contributed by atoms with Gasteiger partial charge in [0.05, 0.1) is 19.3 Å². The van der Waals surface area contributed by atoms with E-state index in [0.717, 1.165) is 11.1 Å². The minimum atomic E-state index is -0.433. The van der Waals surface area contributed by atoms with Crippen LogP contribution in [0.15, 0.2) is 54.6 Å². The largest absolute Gasteiger partial charge is 0.394 e. The number of halogens is 1. The lowest BCUT2D eigenvalue weighted by atomic mass is 10.1. The summed E-state index contributed by atoms with van der Waals surface area (Å²) < 4.78 is 5.37. The number of nitrogens with one attached hydrogen (secondary N) is 1. The molecule has 2 aromatic carbocycles. The van der Waals surface area contributed by atoms with Crippen LogP contribution in [0.4, 0.5) is 0 Å². The number of carbonyl (C=O) groups is 1. The summed E-state index contributed by atoms with van der Waals surface area (Å²) in [5, 5.41) is 12.7. The van der Waals surface area contributed by atoms with E-state index < -0.39 is 6.04 Å². The Morgan fingerprint density at radius 1 is 1.14 bits per heavy atom. The van der Waals surface area contributed by atoms with E-state index in [-0.39, 0.29) is 25.7 Å². The highest BCUT2D eigenvalue weighted by Gasteiger charge is 2.13. The van der Waals surface area contributed by atoms with Crippen LogP contribution in [0.25, 0.3) is 0 Å². The molecule has 0 aromatic heterocycles. The molecule has 4 nitrogen and oxygen atoms in total.